The number of benzene rings is 1. The molecule has 0 aliphatic carbocycles. The van der Waals surface area contributed by atoms with Gasteiger partial charge in [-0.3, -0.25) is 9.36 Å². The van der Waals surface area contributed by atoms with Gasteiger partial charge in [0.25, 0.3) is 5.56 Å². The van der Waals surface area contributed by atoms with E-state index in [1.54, 1.807) is 10.9 Å². The summed E-state index contributed by atoms with van der Waals surface area (Å²) in [5.74, 6) is -0.259. The van der Waals surface area contributed by atoms with Crippen molar-refractivity contribution in [3.05, 3.63) is 57.2 Å². The van der Waals surface area contributed by atoms with Crippen LogP contribution >= 0.6 is 0 Å². The molecule has 24 heavy (non-hydrogen) atoms. The van der Waals surface area contributed by atoms with Gasteiger partial charge < -0.3 is 4.57 Å². The summed E-state index contributed by atoms with van der Waals surface area (Å²) in [5.41, 5.74) is 0.335. The van der Waals surface area contributed by atoms with E-state index in [9.17, 15) is 14.0 Å². The Kier molecular flexibility index (Phi) is 4.09. The van der Waals surface area contributed by atoms with E-state index < -0.39 is 11.5 Å². The highest BCUT2D eigenvalue weighted by Gasteiger charge is 2.19. The van der Waals surface area contributed by atoms with Crippen LogP contribution in [0.5, 0.6) is 0 Å². The third-order valence-electron chi connectivity index (χ3n) is 3.87. The van der Waals surface area contributed by atoms with Crippen LogP contribution in [0, 0.1) is 11.7 Å². The van der Waals surface area contributed by atoms with Gasteiger partial charge in [-0.2, -0.15) is 0 Å². The van der Waals surface area contributed by atoms with Gasteiger partial charge >= 0.3 is 5.69 Å². The summed E-state index contributed by atoms with van der Waals surface area (Å²) in [5, 5.41) is 0. The molecular weight excluding hydrogens is 311 g/mol. The van der Waals surface area contributed by atoms with Crippen LogP contribution in [-0.2, 0) is 13.1 Å². The fraction of sp³-hybridized carbons (Fsp3) is 0.353. The molecule has 7 heteroatoms. The molecule has 0 unspecified atom stereocenters. The number of aryl methyl sites for hydroxylation is 1. The molecule has 0 bridgehead atoms. The molecule has 0 saturated heterocycles. The van der Waals surface area contributed by atoms with Crippen LogP contribution in [0.4, 0.5) is 4.39 Å². The summed E-state index contributed by atoms with van der Waals surface area (Å²) >= 11 is 0. The summed E-state index contributed by atoms with van der Waals surface area (Å²) < 4.78 is 17.5. The third kappa shape index (κ3) is 2.55. The average Bonchev–Trinajstić information content (AvgIpc) is 2.97. The van der Waals surface area contributed by atoms with E-state index in [1.807, 2.05) is 20.8 Å². The molecule has 2 aromatic heterocycles. The van der Waals surface area contributed by atoms with E-state index in [1.165, 1.54) is 33.4 Å². The smallest absolute Gasteiger partial charge is 0.325 e. The maximum atomic E-state index is 13.2. The highest BCUT2D eigenvalue weighted by Crippen LogP contribution is 2.14. The number of hydrogen-bond donors (Lipinski definition) is 0. The summed E-state index contributed by atoms with van der Waals surface area (Å²) in [6, 6.07) is 5.57. The molecule has 3 aromatic rings. The molecule has 6 nitrogen and oxygen atoms in total. The van der Waals surface area contributed by atoms with Crippen LogP contribution in [0.1, 0.15) is 20.8 Å². The summed E-state index contributed by atoms with van der Waals surface area (Å²) in [6.45, 7) is 6.66. The van der Waals surface area contributed by atoms with Crippen molar-refractivity contribution in [2.45, 2.75) is 33.9 Å². The van der Waals surface area contributed by atoms with Gasteiger partial charge in [-0.1, -0.05) is 13.8 Å². The van der Waals surface area contributed by atoms with Gasteiger partial charge in [0.2, 0.25) is 0 Å². The molecule has 0 radical (unpaired) electrons. The zero-order valence-electron chi connectivity index (χ0n) is 13.9. The minimum Gasteiger partial charge on any atom is -0.325 e. The number of fused-ring (bicyclic) bond motifs is 1. The monoisotopic (exact) mass is 330 g/mol. The van der Waals surface area contributed by atoms with Gasteiger partial charge in [-0.05, 0) is 37.1 Å². The average molecular weight is 330 g/mol. The lowest BCUT2D eigenvalue weighted by atomic mass is 10.2. The fourth-order valence-electron chi connectivity index (χ4n) is 2.77. The second-order valence-corrected chi connectivity index (χ2v) is 6.11. The predicted molar refractivity (Wildman–Crippen MR) is 90.1 cm³/mol. The predicted octanol–water partition coefficient (Wildman–Crippen LogP) is 2.16. The molecule has 2 heterocycles. The molecule has 0 amide bonds. The van der Waals surface area contributed by atoms with Crippen molar-refractivity contribution >= 4 is 11.2 Å². The van der Waals surface area contributed by atoms with Crippen LogP contribution in [0.25, 0.3) is 16.9 Å². The molecule has 1 aromatic carbocycles. The normalized spacial score (nSPS) is 11.5. The largest absolute Gasteiger partial charge is 0.337 e. The Morgan fingerprint density at radius 1 is 1.17 bits per heavy atom. The van der Waals surface area contributed by atoms with E-state index in [2.05, 4.69) is 4.98 Å². The van der Waals surface area contributed by atoms with Crippen molar-refractivity contribution in [3.63, 3.8) is 0 Å². The Labute approximate surface area is 137 Å². The Morgan fingerprint density at radius 3 is 2.42 bits per heavy atom. The Bertz CT molecular complexity index is 996. The first kappa shape index (κ1) is 16.2. The Morgan fingerprint density at radius 2 is 1.83 bits per heavy atom. The SMILES string of the molecule is CCn1cnc2c1c(=O)n(CC(C)C)c(=O)n2-c1ccc(F)cc1. The van der Waals surface area contributed by atoms with Crippen molar-refractivity contribution < 1.29 is 4.39 Å². The van der Waals surface area contributed by atoms with Crippen molar-refractivity contribution in [3.8, 4) is 5.69 Å². The standard InChI is InChI=1S/C17H19FN4O2/c1-4-20-10-19-15-14(20)16(23)21(9-11(2)3)17(24)22(15)13-7-5-12(18)6-8-13/h5-8,10-11H,4,9H2,1-3H3. The number of nitrogens with zero attached hydrogens (tertiary/aromatic N) is 4. The van der Waals surface area contributed by atoms with E-state index >= 15 is 0 Å². The number of hydrogen-bond acceptors (Lipinski definition) is 3. The maximum absolute atomic E-state index is 13.2. The van der Waals surface area contributed by atoms with Crippen LogP contribution in [0.3, 0.4) is 0 Å². The molecule has 0 fully saturated rings. The highest BCUT2D eigenvalue weighted by molar-refractivity contribution is 5.72. The second kappa shape index (κ2) is 6.07. The quantitative estimate of drug-likeness (QED) is 0.736. The zero-order chi connectivity index (χ0) is 17.4. The minimum atomic E-state index is -0.464. The highest BCUT2D eigenvalue weighted by atomic mass is 19.1. The molecule has 0 aliphatic rings. The molecule has 0 aliphatic heterocycles. The van der Waals surface area contributed by atoms with Crippen molar-refractivity contribution in [1.82, 2.24) is 18.7 Å². The van der Waals surface area contributed by atoms with Crippen LogP contribution in [0.2, 0.25) is 0 Å². The molecule has 0 atom stereocenters. The molecule has 0 N–H and O–H groups in total. The number of halogens is 1. The van der Waals surface area contributed by atoms with E-state index in [4.69, 9.17) is 0 Å². The van der Waals surface area contributed by atoms with Crippen molar-refractivity contribution in [2.24, 2.45) is 5.92 Å². The molecule has 126 valence electrons. The number of rotatable bonds is 4. The Balaban J connectivity index is 2.43. The van der Waals surface area contributed by atoms with E-state index in [0.29, 0.717) is 29.9 Å². The molecule has 3 rings (SSSR count). The topological polar surface area (TPSA) is 61.8 Å². The van der Waals surface area contributed by atoms with Gasteiger partial charge in [0.15, 0.2) is 11.2 Å². The number of imidazole rings is 1. The van der Waals surface area contributed by atoms with Gasteiger partial charge in [-0.25, -0.2) is 18.7 Å². The van der Waals surface area contributed by atoms with E-state index in [0.717, 1.165) is 0 Å². The van der Waals surface area contributed by atoms with Crippen molar-refractivity contribution in [2.75, 3.05) is 0 Å². The molecule has 0 spiro atoms. The third-order valence-corrected chi connectivity index (χ3v) is 3.87. The van der Waals surface area contributed by atoms with Gasteiger partial charge in [0.05, 0.1) is 12.0 Å². The zero-order valence-corrected chi connectivity index (χ0v) is 13.9. The maximum Gasteiger partial charge on any atom is 0.337 e. The fourth-order valence-corrected chi connectivity index (χ4v) is 2.77. The van der Waals surface area contributed by atoms with Crippen molar-refractivity contribution in [1.29, 1.82) is 0 Å². The van der Waals surface area contributed by atoms with Gasteiger partial charge in [-0.15, -0.1) is 0 Å². The molecular formula is C17H19FN4O2. The first-order chi connectivity index (χ1) is 11.4. The first-order valence-corrected chi connectivity index (χ1v) is 7.90. The summed E-state index contributed by atoms with van der Waals surface area (Å²) in [6.07, 6.45) is 1.55. The lowest BCUT2D eigenvalue weighted by Crippen LogP contribution is -2.41. The minimum absolute atomic E-state index is 0.132. The lowest BCUT2D eigenvalue weighted by Gasteiger charge is -2.13. The van der Waals surface area contributed by atoms with Crippen LogP contribution in [-0.4, -0.2) is 18.7 Å². The van der Waals surface area contributed by atoms with E-state index in [-0.39, 0.29) is 11.5 Å². The van der Waals surface area contributed by atoms with Gasteiger partial charge in [0, 0.05) is 13.1 Å². The lowest BCUT2D eigenvalue weighted by molar-refractivity contribution is 0.488. The van der Waals surface area contributed by atoms with Crippen LogP contribution in [0.15, 0.2) is 40.2 Å². The first-order valence-electron chi connectivity index (χ1n) is 7.90. The molecule has 0 saturated carbocycles. The van der Waals surface area contributed by atoms with Crippen LogP contribution < -0.4 is 11.2 Å². The number of aromatic nitrogens is 4. The van der Waals surface area contributed by atoms with Gasteiger partial charge in [0.1, 0.15) is 5.82 Å². The Hall–Kier alpha value is -2.70. The summed E-state index contributed by atoms with van der Waals surface area (Å²) in [4.78, 5) is 29.9. The summed E-state index contributed by atoms with van der Waals surface area (Å²) in [7, 11) is 0. The second-order valence-electron chi connectivity index (χ2n) is 6.11.